The number of ether oxygens (including phenoxy) is 1. The number of esters is 1. The van der Waals surface area contributed by atoms with Crippen LogP contribution in [0.3, 0.4) is 0 Å². The average molecular weight is 304 g/mol. The highest BCUT2D eigenvalue weighted by atomic mass is 32.2. The van der Waals surface area contributed by atoms with Crippen LogP contribution < -0.4 is 0 Å². The standard InChI is InChI=1S/C11H16N2O4S2/c1-17-10(14)9-11(18-8-12-9)19(15,16)13-6-4-2-3-5-7-13/h8H,2-7H2,1H3. The summed E-state index contributed by atoms with van der Waals surface area (Å²) in [5, 5.41) is 0. The fraction of sp³-hybridized carbons (Fsp3) is 0.636. The predicted octanol–water partition coefficient (Wildman–Crippen LogP) is 1.49. The monoisotopic (exact) mass is 304 g/mol. The Morgan fingerprint density at radius 3 is 2.53 bits per heavy atom. The molecule has 0 N–H and O–H groups in total. The van der Waals surface area contributed by atoms with E-state index in [1.807, 2.05) is 0 Å². The zero-order valence-electron chi connectivity index (χ0n) is 10.7. The van der Waals surface area contributed by atoms with E-state index in [1.54, 1.807) is 0 Å². The molecule has 2 rings (SSSR count). The van der Waals surface area contributed by atoms with Gasteiger partial charge in [0.1, 0.15) is 0 Å². The minimum atomic E-state index is -3.64. The first kappa shape index (κ1) is 14.4. The Morgan fingerprint density at radius 1 is 1.32 bits per heavy atom. The Bertz CT molecular complexity index is 545. The number of carbonyl (C=O) groups is 1. The van der Waals surface area contributed by atoms with Crippen molar-refractivity contribution in [2.45, 2.75) is 29.9 Å². The topological polar surface area (TPSA) is 76.6 Å². The molecular formula is C11H16N2O4S2. The summed E-state index contributed by atoms with van der Waals surface area (Å²) in [6.45, 7) is 1.00. The first-order chi connectivity index (χ1) is 9.07. The van der Waals surface area contributed by atoms with E-state index in [-0.39, 0.29) is 9.90 Å². The molecule has 106 valence electrons. The third-order valence-electron chi connectivity index (χ3n) is 3.05. The van der Waals surface area contributed by atoms with E-state index >= 15 is 0 Å². The van der Waals surface area contributed by atoms with Gasteiger partial charge in [0.2, 0.25) is 0 Å². The smallest absolute Gasteiger partial charge is 0.358 e. The van der Waals surface area contributed by atoms with Crippen molar-refractivity contribution in [3.8, 4) is 0 Å². The summed E-state index contributed by atoms with van der Waals surface area (Å²) in [5.41, 5.74) is 1.24. The van der Waals surface area contributed by atoms with Crippen LogP contribution >= 0.6 is 11.3 Å². The number of hydrogen-bond donors (Lipinski definition) is 0. The van der Waals surface area contributed by atoms with Gasteiger partial charge in [-0.3, -0.25) is 0 Å². The summed E-state index contributed by atoms with van der Waals surface area (Å²) in [4.78, 5) is 15.3. The summed E-state index contributed by atoms with van der Waals surface area (Å²) in [5.74, 6) is -0.713. The van der Waals surface area contributed by atoms with Crippen LogP contribution in [-0.2, 0) is 14.8 Å². The van der Waals surface area contributed by atoms with Crippen molar-refractivity contribution in [2.75, 3.05) is 20.2 Å². The number of nitrogens with zero attached hydrogens (tertiary/aromatic N) is 2. The largest absolute Gasteiger partial charge is 0.464 e. The van der Waals surface area contributed by atoms with E-state index in [0.717, 1.165) is 37.0 Å². The van der Waals surface area contributed by atoms with Crippen molar-refractivity contribution >= 4 is 27.3 Å². The lowest BCUT2D eigenvalue weighted by Crippen LogP contribution is -2.32. The molecule has 0 bridgehead atoms. The Kier molecular flexibility index (Phi) is 4.54. The van der Waals surface area contributed by atoms with E-state index in [2.05, 4.69) is 9.72 Å². The van der Waals surface area contributed by atoms with Crippen LogP contribution in [0.25, 0.3) is 0 Å². The fourth-order valence-electron chi connectivity index (χ4n) is 2.05. The molecule has 1 saturated heterocycles. The summed E-state index contributed by atoms with van der Waals surface area (Å²) >= 11 is 0.959. The Hall–Kier alpha value is -0.990. The van der Waals surface area contributed by atoms with Gasteiger partial charge >= 0.3 is 5.97 Å². The summed E-state index contributed by atoms with van der Waals surface area (Å²) in [7, 11) is -2.43. The molecule has 1 aliphatic rings. The summed E-state index contributed by atoms with van der Waals surface area (Å²) in [6, 6.07) is 0. The molecular weight excluding hydrogens is 288 g/mol. The van der Waals surface area contributed by atoms with Gasteiger partial charge in [-0.1, -0.05) is 12.8 Å². The number of rotatable bonds is 3. The first-order valence-electron chi connectivity index (χ1n) is 6.09. The Morgan fingerprint density at radius 2 is 1.95 bits per heavy atom. The van der Waals surface area contributed by atoms with Gasteiger partial charge in [0.15, 0.2) is 9.90 Å². The van der Waals surface area contributed by atoms with Crippen molar-refractivity contribution in [3.05, 3.63) is 11.2 Å². The van der Waals surface area contributed by atoms with E-state index in [0.29, 0.717) is 13.1 Å². The maximum Gasteiger partial charge on any atom is 0.358 e. The molecule has 0 radical (unpaired) electrons. The minimum absolute atomic E-state index is 0.0127. The quantitative estimate of drug-likeness (QED) is 0.791. The number of methoxy groups -OCH3 is 1. The second kappa shape index (κ2) is 5.98. The van der Waals surface area contributed by atoms with Crippen molar-refractivity contribution in [1.29, 1.82) is 0 Å². The first-order valence-corrected chi connectivity index (χ1v) is 8.41. The van der Waals surface area contributed by atoms with Crippen LogP contribution in [0, 0.1) is 0 Å². The molecule has 0 spiro atoms. The highest BCUT2D eigenvalue weighted by Gasteiger charge is 2.32. The molecule has 2 heterocycles. The molecule has 0 saturated carbocycles. The second-order valence-electron chi connectivity index (χ2n) is 4.30. The molecule has 0 amide bonds. The van der Waals surface area contributed by atoms with Gasteiger partial charge in [-0.15, -0.1) is 11.3 Å². The van der Waals surface area contributed by atoms with Gasteiger partial charge in [0.25, 0.3) is 10.0 Å². The van der Waals surface area contributed by atoms with Crippen LogP contribution in [0.2, 0.25) is 0 Å². The maximum atomic E-state index is 12.5. The van der Waals surface area contributed by atoms with Crippen LogP contribution in [0.5, 0.6) is 0 Å². The third kappa shape index (κ3) is 2.96. The number of aromatic nitrogens is 1. The van der Waals surface area contributed by atoms with Crippen molar-refractivity contribution < 1.29 is 17.9 Å². The Balaban J connectivity index is 2.33. The zero-order chi connectivity index (χ0) is 13.9. The van der Waals surface area contributed by atoms with Gasteiger partial charge in [-0.05, 0) is 12.8 Å². The highest BCUT2D eigenvalue weighted by molar-refractivity contribution is 7.91. The van der Waals surface area contributed by atoms with Gasteiger partial charge in [-0.25, -0.2) is 18.2 Å². The van der Waals surface area contributed by atoms with Crippen molar-refractivity contribution in [1.82, 2.24) is 9.29 Å². The number of sulfonamides is 1. The van der Waals surface area contributed by atoms with E-state index in [9.17, 15) is 13.2 Å². The molecule has 8 heteroatoms. The van der Waals surface area contributed by atoms with Gasteiger partial charge in [-0.2, -0.15) is 4.31 Å². The molecule has 0 aromatic carbocycles. The molecule has 1 aromatic heterocycles. The van der Waals surface area contributed by atoms with E-state index in [1.165, 1.54) is 16.9 Å². The van der Waals surface area contributed by atoms with Crippen LogP contribution in [0.1, 0.15) is 36.2 Å². The lowest BCUT2D eigenvalue weighted by atomic mass is 10.2. The van der Waals surface area contributed by atoms with Crippen molar-refractivity contribution in [2.24, 2.45) is 0 Å². The fourth-order valence-corrected chi connectivity index (χ4v) is 4.84. The lowest BCUT2D eigenvalue weighted by molar-refractivity contribution is 0.0590. The molecule has 19 heavy (non-hydrogen) atoms. The molecule has 6 nitrogen and oxygen atoms in total. The normalized spacial score (nSPS) is 17.9. The average Bonchev–Trinajstić information content (AvgIpc) is 2.73. The molecule has 1 aliphatic heterocycles. The second-order valence-corrected chi connectivity index (χ2v) is 7.29. The molecule has 0 atom stereocenters. The van der Waals surface area contributed by atoms with Gasteiger partial charge in [0, 0.05) is 13.1 Å². The van der Waals surface area contributed by atoms with Crippen LogP contribution in [-0.4, -0.2) is 43.9 Å². The summed E-state index contributed by atoms with van der Waals surface area (Å²) in [6.07, 6.45) is 3.79. The van der Waals surface area contributed by atoms with Crippen LogP contribution in [0.4, 0.5) is 0 Å². The summed E-state index contributed by atoms with van der Waals surface area (Å²) < 4.78 is 31.1. The molecule has 0 unspecified atom stereocenters. The van der Waals surface area contributed by atoms with E-state index in [4.69, 9.17) is 0 Å². The highest BCUT2D eigenvalue weighted by Crippen LogP contribution is 2.26. The third-order valence-corrected chi connectivity index (χ3v) is 6.30. The molecule has 0 aliphatic carbocycles. The Labute approximate surface area is 116 Å². The number of carbonyl (C=O) groups excluding carboxylic acids is 1. The van der Waals surface area contributed by atoms with E-state index < -0.39 is 16.0 Å². The SMILES string of the molecule is COC(=O)c1ncsc1S(=O)(=O)N1CCCCCC1. The maximum absolute atomic E-state index is 12.5. The van der Waals surface area contributed by atoms with Gasteiger partial charge < -0.3 is 4.74 Å². The predicted molar refractivity (Wildman–Crippen MR) is 70.7 cm³/mol. The molecule has 1 fully saturated rings. The van der Waals surface area contributed by atoms with Gasteiger partial charge in [0.05, 0.1) is 12.6 Å². The lowest BCUT2D eigenvalue weighted by Gasteiger charge is -2.18. The zero-order valence-corrected chi connectivity index (χ0v) is 12.3. The molecule has 1 aromatic rings. The van der Waals surface area contributed by atoms with Crippen LogP contribution in [0.15, 0.2) is 9.72 Å². The number of hydrogen-bond acceptors (Lipinski definition) is 6. The number of thiazole rings is 1. The minimum Gasteiger partial charge on any atom is -0.464 e. The van der Waals surface area contributed by atoms with Crippen molar-refractivity contribution in [3.63, 3.8) is 0 Å².